The van der Waals surface area contributed by atoms with Crippen molar-refractivity contribution in [1.82, 2.24) is 15.3 Å². The molecule has 0 bridgehead atoms. The van der Waals surface area contributed by atoms with Crippen LogP contribution in [0.25, 0.3) is 0 Å². The highest BCUT2D eigenvalue weighted by Crippen LogP contribution is 2.06. The molecular weight excluding hydrogens is 226 g/mol. The Morgan fingerprint density at radius 2 is 2.00 bits per heavy atom. The zero-order valence-corrected chi connectivity index (χ0v) is 10.5. The largest absolute Gasteiger partial charge is 0.481 e. The van der Waals surface area contributed by atoms with Crippen LogP contribution in [0, 0.1) is 0 Å². The van der Waals surface area contributed by atoms with Gasteiger partial charge >= 0.3 is 0 Å². The van der Waals surface area contributed by atoms with E-state index in [2.05, 4.69) is 15.3 Å². The van der Waals surface area contributed by atoms with Crippen molar-refractivity contribution in [3.63, 3.8) is 0 Å². The van der Waals surface area contributed by atoms with Gasteiger partial charge in [0.05, 0.1) is 12.8 Å². The van der Waals surface area contributed by atoms with Gasteiger partial charge in [-0.05, 0) is 36.7 Å². The van der Waals surface area contributed by atoms with E-state index in [1.54, 1.807) is 7.11 Å². The molecule has 0 aliphatic heterocycles. The van der Waals surface area contributed by atoms with Gasteiger partial charge in [0, 0.05) is 25.0 Å². The fraction of sp³-hybridized carbons (Fsp3) is 0.286. The third kappa shape index (κ3) is 3.82. The van der Waals surface area contributed by atoms with Gasteiger partial charge in [0.2, 0.25) is 5.88 Å². The average molecular weight is 243 g/mol. The van der Waals surface area contributed by atoms with E-state index in [0.717, 1.165) is 25.2 Å². The van der Waals surface area contributed by atoms with E-state index in [9.17, 15) is 0 Å². The third-order valence-corrected chi connectivity index (χ3v) is 2.64. The van der Waals surface area contributed by atoms with Gasteiger partial charge in [-0.25, -0.2) is 4.98 Å². The molecule has 0 unspecified atom stereocenters. The van der Waals surface area contributed by atoms with Crippen molar-refractivity contribution in [2.75, 3.05) is 13.7 Å². The SMILES string of the molecule is COc1cccc(CNCCc2ccncc2)n1. The Bertz CT molecular complexity index is 473. The van der Waals surface area contributed by atoms with Gasteiger partial charge in [-0.15, -0.1) is 0 Å². The molecule has 2 rings (SSSR count). The van der Waals surface area contributed by atoms with Crippen molar-refractivity contribution in [2.45, 2.75) is 13.0 Å². The maximum absolute atomic E-state index is 5.08. The first-order valence-corrected chi connectivity index (χ1v) is 5.98. The number of hydrogen-bond acceptors (Lipinski definition) is 4. The van der Waals surface area contributed by atoms with Crippen LogP contribution in [0.4, 0.5) is 0 Å². The molecule has 0 fully saturated rings. The molecule has 2 aromatic rings. The fourth-order valence-electron chi connectivity index (χ4n) is 1.67. The van der Waals surface area contributed by atoms with Gasteiger partial charge in [-0.1, -0.05) is 6.07 Å². The van der Waals surface area contributed by atoms with Crippen LogP contribution in [-0.4, -0.2) is 23.6 Å². The lowest BCUT2D eigenvalue weighted by molar-refractivity contribution is 0.395. The van der Waals surface area contributed by atoms with Crippen LogP contribution in [0.3, 0.4) is 0 Å². The van der Waals surface area contributed by atoms with Gasteiger partial charge in [-0.2, -0.15) is 0 Å². The molecule has 0 atom stereocenters. The van der Waals surface area contributed by atoms with E-state index in [-0.39, 0.29) is 0 Å². The highest BCUT2D eigenvalue weighted by Gasteiger charge is 1.97. The summed E-state index contributed by atoms with van der Waals surface area (Å²) in [5.41, 5.74) is 2.28. The van der Waals surface area contributed by atoms with Crippen LogP contribution < -0.4 is 10.1 Å². The standard InChI is InChI=1S/C14H17N3O/c1-18-14-4-2-3-13(17-14)11-16-10-7-12-5-8-15-9-6-12/h2-6,8-9,16H,7,10-11H2,1H3. The average Bonchev–Trinajstić information content (AvgIpc) is 2.45. The van der Waals surface area contributed by atoms with Crippen LogP contribution in [0.1, 0.15) is 11.3 Å². The van der Waals surface area contributed by atoms with Gasteiger partial charge in [-0.3, -0.25) is 4.98 Å². The monoisotopic (exact) mass is 243 g/mol. The third-order valence-electron chi connectivity index (χ3n) is 2.64. The molecule has 2 aromatic heterocycles. The number of pyridine rings is 2. The van der Waals surface area contributed by atoms with Gasteiger partial charge in [0.25, 0.3) is 0 Å². The summed E-state index contributed by atoms with van der Waals surface area (Å²) in [4.78, 5) is 8.34. The summed E-state index contributed by atoms with van der Waals surface area (Å²) in [5.74, 6) is 0.656. The molecule has 0 aliphatic carbocycles. The van der Waals surface area contributed by atoms with E-state index in [0.29, 0.717) is 5.88 Å². The lowest BCUT2D eigenvalue weighted by atomic mass is 10.2. The summed E-state index contributed by atoms with van der Waals surface area (Å²) < 4.78 is 5.08. The van der Waals surface area contributed by atoms with Gasteiger partial charge < -0.3 is 10.1 Å². The highest BCUT2D eigenvalue weighted by atomic mass is 16.5. The van der Waals surface area contributed by atoms with Crippen molar-refractivity contribution >= 4 is 0 Å². The number of methoxy groups -OCH3 is 1. The maximum atomic E-state index is 5.08. The minimum Gasteiger partial charge on any atom is -0.481 e. The Morgan fingerprint density at radius 3 is 2.78 bits per heavy atom. The summed E-state index contributed by atoms with van der Waals surface area (Å²) in [6.45, 7) is 1.67. The fourth-order valence-corrected chi connectivity index (χ4v) is 1.67. The molecule has 0 saturated carbocycles. The molecule has 0 amide bonds. The minimum atomic E-state index is 0.656. The number of rotatable bonds is 6. The van der Waals surface area contributed by atoms with Crippen LogP contribution in [0.5, 0.6) is 5.88 Å². The van der Waals surface area contributed by atoms with E-state index in [1.807, 2.05) is 42.7 Å². The predicted molar refractivity (Wildman–Crippen MR) is 70.4 cm³/mol. The maximum Gasteiger partial charge on any atom is 0.213 e. The molecular formula is C14H17N3O. The zero-order valence-electron chi connectivity index (χ0n) is 10.5. The Kier molecular flexibility index (Phi) is 4.67. The lowest BCUT2D eigenvalue weighted by Crippen LogP contribution is -2.17. The first-order valence-electron chi connectivity index (χ1n) is 5.98. The second kappa shape index (κ2) is 6.71. The molecule has 2 heterocycles. The predicted octanol–water partition coefficient (Wildman–Crippen LogP) is 1.82. The van der Waals surface area contributed by atoms with Crippen molar-refractivity contribution in [3.8, 4) is 5.88 Å². The number of nitrogens with zero attached hydrogens (tertiary/aromatic N) is 2. The molecule has 94 valence electrons. The smallest absolute Gasteiger partial charge is 0.213 e. The quantitative estimate of drug-likeness (QED) is 0.786. The van der Waals surface area contributed by atoms with Crippen LogP contribution >= 0.6 is 0 Å². The number of nitrogens with one attached hydrogen (secondary N) is 1. The van der Waals surface area contributed by atoms with Crippen molar-refractivity contribution in [1.29, 1.82) is 0 Å². The van der Waals surface area contributed by atoms with E-state index < -0.39 is 0 Å². The van der Waals surface area contributed by atoms with Crippen molar-refractivity contribution < 1.29 is 4.74 Å². The molecule has 4 heteroatoms. The van der Waals surface area contributed by atoms with Crippen molar-refractivity contribution in [3.05, 3.63) is 54.0 Å². The van der Waals surface area contributed by atoms with Crippen molar-refractivity contribution in [2.24, 2.45) is 0 Å². The Morgan fingerprint density at radius 1 is 1.17 bits per heavy atom. The Labute approximate surface area is 107 Å². The molecule has 0 radical (unpaired) electrons. The molecule has 1 N–H and O–H groups in total. The summed E-state index contributed by atoms with van der Waals surface area (Å²) in [6.07, 6.45) is 4.63. The topological polar surface area (TPSA) is 47.0 Å². The van der Waals surface area contributed by atoms with Crippen LogP contribution in [0.2, 0.25) is 0 Å². The van der Waals surface area contributed by atoms with E-state index in [4.69, 9.17) is 4.74 Å². The molecule has 0 spiro atoms. The van der Waals surface area contributed by atoms with E-state index >= 15 is 0 Å². The Hall–Kier alpha value is -1.94. The summed E-state index contributed by atoms with van der Waals surface area (Å²) >= 11 is 0. The minimum absolute atomic E-state index is 0.656. The van der Waals surface area contributed by atoms with Gasteiger partial charge in [0.15, 0.2) is 0 Å². The molecule has 0 aliphatic rings. The summed E-state index contributed by atoms with van der Waals surface area (Å²) in [6, 6.07) is 9.85. The molecule has 0 saturated heterocycles. The first kappa shape index (κ1) is 12.5. The summed E-state index contributed by atoms with van der Waals surface area (Å²) in [7, 11) is 1.63. The lowest BCUT2D eigenvalue weighted by Gasteiger charge is -2.05. The normalized spacial score (nSPS) is 10.3. The van der Waals surface area contributed by atoms with Crippen LogP contribution in [-0.2, 0) is 13.0 Å². The second-order valence-corrected chi connectivity index (χ2v) is 3.95. The van der Waals surface area contributed by atoms with E-state index in [1.165, 1.54) is 5.56 Å². The zero-order chi connectivity index (χ0) is 12.6. The number of ether oxygens (including phenoxy) is 1. The number of hydrogen-bond donors (Lipinski definition) is 1. The molecule has 4 nitrogen and oxygen atoms in total. The first-order chi connectivity index (χ1) is 8.88. The summed E-state index contributed by atoms with van der Waals surface area (Å²) in [5, 5.41) is 3.36. The highest BCUT2D eigenvalue weighted by molar-refractivity contribution is 5.15. The second-order valence-electron chi connectivity index (χ2n) is 3.95. The van der Waals surface area contributed by atoms with Crippen LogP contribution in [0.15, 0.2) is 42.7 Å². The Balaban J connectivity index is 1.75. The number of aromatic nitrogens is 2. The van der Waals surface area contributed by atoms with Gasteiger partial charge in [0.1, 0.15) is 0 Å². The molecule has 18 heavy (non-hydrogen) atoms. The molecule has 0 aromatic carbocycles.